The third-order valence-electron chi connectivity index (χ3n) is 4.81. The number of amides is 2. The maximum absolute atomic E-state index is 13.2. The highest BCUT2D eigenvalue weighted by Gasteiger charge is 2.43. The number of fused-ring (bicyclic) bond motifs is 1. The summed E-state index contributed by atoms with van der Waals surface area (Å²) in [5.41, 5.74) is 1.76. The maximum atomic E-state index is 13.2. The number of thiophene rings is 1. The second-order valence-corrected chi connectivity index (χ2v) is 7.42. The number of hydrogen-bond acceptors (Lipinski definition) is 3. The van der Waals surface area contributed by atoms with E-state index < -0.39 is 12.0 Å². The van der Waals surface area contributed by atoms with Gasteiger partial charge < -0.3 is 10.2 Å². The van der Waals surface area contributed by atoms with Gasteiger partial charge in [-0.1, -0.05) is 24.3 Å². The molecule has 0 bridgehead atoms. The van der Waals surface area contributed by atoms with Crippen molar-refractivity contribution < 1.29 is 14.0 Å². The lowest BCUT2D eigenvalue weighted by Gasteiger charge is -2.39. The van der Waals surface area contributed by atoms with Crippen LogP contribution in [-0.4, -0.2) is 23.8 Å². The quantitative estimate of drug-likeness (QED) is 0.730. The highest BCUT2D eigenvalue weighted by atomic mass is 32.1. The number of nitrogens with zero attached hydrogens (tertiary/aromatic N) is 1. The molecule has 27 heavy (non-hydrogen) atoms. The van der Waals surface area contributed by atoms with Gasteiger partial charge in [0.25, 0.3) is 5.91 Å². The summed E-state index contributed by atoms with van der Waals surface area (Å²) in [4.78, 5) is 28.7. The molecule has 2 aromatic carbocycles. The van der Waals surface area contributed by atoms with Crippen molar-refractivity contribution in [3.8, 4) is 0 Å². The number of hydrogen-bond donors (Lipinski definition) is 1. The predicted molar refractivity (Wildman–Crippen MR) is 103 cm³/mol. The van der Waals surface area contributed by atoms with Crippen LogP contribution in [-0.2, 0) is 4.79 Å². The molecule has 3 aromatic rings. The van der Waals surface area contributed by atoms with Gasteiger partial charge in [-0.2, -0.15) is 0 Å². The molecule has 0 aliphatic carbocycles. The van der Waals surface area contributed by atoms with E-state index >= 15 is 0 Å². The molecular weight excluding hydrogens is 363 g/mol. The van der Waals surface area contributed by atoms with Crippen molar-refractivity contribution in [3.63, 3.8) is 0 Å². The van der Waals surface area contributed by atoms with Gasteiger partial charge in [0.1, 0.15) is 5.82 Å². The Morgan fingerprint density at radius 2 is 1.81 bits per heavy atom. The topological polar surface area (TPSA) is 49.4 Å². The van der Waals surface area contributed by atoms with Crippen molar-refractivity contribution in [2.45, 2.75) is 12.0 Å². The zero-order valence-electron chi connectivity index (χ0n) is 14.6. The number of rotatable bonds is 3. The van der Waals surface area contributed by atoms with E-state index in [9.17, 15) is 14.0 Å². The van der Waals surface area contributed by atoms with Gasteiger partial charge in [-0.15, -0.1) is 11.3 Å². The molecule has 2 atom stereocenters. The maximum Gasteiger partial charge on any atom is 0.254 e. The molecule has 1 aliphatic heterocycles. The molecule has 4 nitrogen and oxygen atoms in total. The molecular formula is C21H17FN2O2S. The second kappa shape index (κ2) is 6.96. The average Bonchev–Trinajstić information content (AvgIpc) is 3.20. The Morgan fingerprint density at radius 3 is 2.52 bits per heavy atom. The molecule has 6 heteroatoms. The van der Waals surface area contributed by atoms with Crippen LogP contribution in [0.3, 0.4) is 0 Å². The first kappa shape index (κ1) is 17.4. The van der Waals surface area contributed by atoms with Gasteiger partial charge in [0.15, 0.2) is 0 Å². The van der Waals surface area contributed by atoms with E-state index in [4.69, 9.17) is 0 Å². The Balaban J connectivity index is 1.78. The lowest BCUT2D eigenvalue weighted by atomic mass is 9.81. The van der Waals surface area contributed by atoms with E-state index in [0.717, 1.165) is 4.88 Å². The van der Waals surface area contributed by atoms with Gasteiger partial charge >= 0.3 is 0 Å². The third kappa shape index (κ3) is 3.13. The van der Waals surface area contributed by atoms with Crippen LogP contribution in [0.4, 0.5) is 10.1 Å². The van der Waals surface area contributed by atoms with Crippen molar-refractivity contribution in [2.75, 3.05) is 12.4 Å². The summed E-state index contributed by atoms with van der Waals surface area (Å²) in [6, 6.07) is 16.3. The fourth-order valence-electron chi connectivity index (χ4n) is 3.53. The minimum atomic E-state index is -0.562. The third-order valence-corrected chi connectivity index (χ3v) is 5.75. The monoisotopic (exact) mass is 380 g/mol. The highest BCUT2D eigenvalue weighted by Crippen LogP contribution is 2.43. The lowest BCUT2D eigenvalue weighted by molar-refractivity contribution is -0.119. The van der Waals surface area contributed by atoms with Crippen molar-refractivity contribution >= 4 is 28.8 Å². The average molecular weight is 380 g/mol. The van der Waals surface area contributed by atoms with Crippen molar-refractivity contribution in [3.05, 3.63) is 87.9 Å². The van der Waals surface area contributed by atoms with Crippen LogP contribution < -0.4 is 5.32 Å². The molecule has 136 valence electrons. The summed E-state index contributed by atoms with van der Waals surface area (Å²) in [5, 5.41) is 4.80. The van der Waals surface area contributed by atoms with Crippen molar-refractivity contribution in [2.24, 2.45) is 0 Å². The Hall–Kier alpha value is -2.99. The van der Waals surface area contributed by atoms with Crippen LogP contribution in [0.1, 0.15) is 32.8 Å². The number of benzene rings is 2. The number of carbonyl (C=O) groups is 2. The van der Waals surface area contributed by atoms with Crippen LogP contribution in [0.25, 0.3) is 0 Å². The molecule has 2 amide bonds. The molecule has 2 heterocycles. The Bertz CT molecular complexity index is 986. The van der Waals surface area contributed by atoms with Crippen LogP contribution in [0, 0.1) is 5.82 Å². The highest BCUT2D eigenvalue weighted by molar-refractivity contribution is 7.10. The van der Waals surface area contributed by atoms with Gasteiger partial charge in [0.2, 0.25) is 5.91 Å². The van der Waals surface area contributed by atoms with E-state index in [1.165, 1.54) is 35.6 Å². The zero-order valence-corrected chi connectivity index (χ0v) is 15.4. The smallest absolute Gasteiger partial charge is 0.254 e. The summed E-state index contributed by atoms with van der Waals surface area (Å²) < 4.78 is 13.2. The van der Waals surface area contributed by atoms with E-state index in [1.807, 2.05) is 29.6 Å². The fourth-order valence-corrected chi connectivity index (χ4v) is 4.43. The van der Waals surface area contributed by atoms with Gasteiger partial charge in [-0.3, -0.25) is 9.59 Å². The van der Waals surface area contributed by atoms with Crippen LogP contribution in [0.15, 0.2) is 66.0 Å². The fraction of sp³-hybridized carbons (Fsp3) is 0.143. The van der Waals surface area contributed by atoms with E-state index in [-0.39, 0.29) is 17.6 Å². The number of anilines is 1. The second-order valence-electron chi connectivity index (χ2n) is 6.44. The summed E-state index contributed by atoms with van der Waals surface area (Å²) in [6.07, 6.45) is 0. The van der Waals surface area contributed by atoms with E-state index in [0.29, 0.717) is 16.8 Å². The molecule has 2 unspecified atom stereocenters. The minimum absolute atomic E-state index is 0.102. The molecule has 0 saturated heterocycles. The first-order valence-electron chi connectivity index (χ1n) is 8.52. The first-order valence-corrected chi connectivity index (χ1v) is 9.40. The summed E-state index contributed by atoms with van der Waals surface area (Å²) in [5.74, 6) is -1.26. The van der Waals surface area contributed by atoms with Crippen molar-refractivity contribution in [1.29, 1.82) is 0 Å². The Morgan fingerprint density at radius 1 is 1.07 bits per heavy atom. The molecule has 0 fully saturated rings. The largest absolute Gasteiger partial charge is 0.333 e. The van der Waals surface area contributed by atoms with Crippen LogP contribution in [0.5, 0.6) is 0 Å². The molecule has 1 N–H and O–H groups in total. The molecule has 1 aliphatic rings. The van der Waals surface area contributed by atoms with Gasteiger partial charge in [-0.25, -0.2) is 4.39 Å². The molecule has 0 radical (unpaired) electrons. The predicted octanol–water partition coefficient (Wildman–Crippen LogP) is 4.44. The lowest BCUT2D eigenvalue weighted by Crippen LogP contribution is -2.43. The first-order chi connectivity index (χ1) is 13.1. The van der Waals surface area contributed by atoms with Crippen molar-refractivity contribution in [1.82, 2.24) is 4.90 Å². The number of nitrogens with one attached hydrogen (secondary N) is 1. The van der Waals surface area contributed by atoms with Gasteiger partial charge in [0.05, 0.1) is 12.0 Å². The number of carbonyl (C=O) groups excluding carboxylic acids is 2. The molecule has 0 spiro atoms. The van der Waals surface area contributed by atoms with Gasteiger partial charge in [-0.05, 0) is 47.3 Å². The SMILES string of the molecule is CN1C(=O)c2ccccc2C(C(=O)Nc2ccc(F)cc2)C1c1cccs1. The molecule has 1 aromatic heterocycles. The number of likely N-dealkylation sites (N-methyl/N-ethyl adjacent to an activating group) is 1. The minimum Gasteiger partial charge on any atom is -0.333 e. The van der Waals surface area contributed by atoms with Gasteiger partial charge in [0, 0.05) is 23.2 Å². The Labute approximate surface area is 160 Å². The zero-order chi connectivity index (χ0) is 19.0. The summed E-state index contributed by atoms with van der Waals surface area (Å²) in [6.45, 7) is 0. The van der Waals surface area contributed by atoms with E-state index in [1.54, 1.807) is 24.1 Å². The molecule has 4 rings (SSSR count). The summed E-state index contributed by atoms with van der Waals surface area (Å²) >= 11 is 1.52. The standard InChI is InChI=1S/C21H17FN2O2S/c1-24-19(17-7-4-12-27-17)18(15-5-2-3-6-16(15)21(24)26)20(25)23-14-10-8-13(22)9-11-14/h2-12,18-19H,1H3,(H,23,25). The van der Waals surface area contributed by atoms with E-state index in [2.05, 4.69) is 5.32 Å². The normalized spacial score (nSPS) is 18.9. The Kier molecular flexibility index (Phi) is 4.49. The van der Waals surface area contributed by atoms with Crippen LogP contribution >= 0.6 is 11.3 Å². The summed E-state index contributed by atoms with van der Waals surface area (Å²) in [7, 11) is 1.72. The number of halogens is 1. The van der Waals surface area contributed by atoms with Crippen LogP contribution in [0.2, 0.25) is 0 Å². The molecule has 0 saturated carbocycles.